The zero-order chi connectivity index (χ0) is 9.78. The zero-order valence-corrected chi connectivity index (χ0v) is 7.65. The molecule has 6 nitrogen and oxygen atoms in total. The number of hydrogen-bond donors (Lipinski definition) is 2. The van der Waals surface area contributed by atoms with Crippen LogP contribution in [-0.4, -0.2) is 28.5 Å². The molecule has 0 fully saturated rings. The third kappa shape index (κ3) is 7.68. The molecule has 0 aliphatic carbocycles. The minimum Gasteiger partial charge on any atom is -0.463 e. The van der Waals surface area contributed by atoms with E-state index in [2.05, 4.69) is 9.26 Å². The molecular formula is C5H11O6P. The van der Waals surface area contributed by atoms with E-state index in [9.17, 15) is 9.36 Å². The molecule has 1 atom stereocenters. The zero-order valence-electron chi connectivity index (χ0n) is 6.76. The first kappa shape index (κ1) is 11.6. The number of carbonyl (C=O) groups excluding carboxylic acids is 1. The Morgan fingerprint density at radius 2 is 2.08 bits per heavy atom. The van der Waals surface area contributed by atoms with Crippen molar-refractivity contribution < 1.29 is 28.4 Å². The number of ether oxygens (including phenoxy) is 1. The van der Waals surface area contributed by atoms with Gasteiger partial charge in [0.1, 0.15) is 12.7 Å². The van der Waals surface area contributed by atoms with Gasteiger partial charge in [0.25, 0.3) is 0 Å². The van der Waals surface area contributed by atoms with Gasteiger partial charge in [-0.15, -0.1) is 0 Å². The molecule has 0 spiro atoms. The van der Waals surface area contributed by atoms with Gasteiger partial charge in [-0.3, -0.25) is 9.32 Å². The van der Waals surface area contributed by atoms with Crippen LogP contribution in [0.5, 0.6) is 0 Å². The van der Waals surface area contributed by atoms with Crippen LogP contribution in [0, 0.1) is 0 Å². The van der Waals surface area contributed by atoms with E-state index in [0.717, 1.165) is 0 Å². The van der Waals surface area contributed by atoms with Gasteiger partial charge in [-0.2, -0.15) is 0 Å². The minimum absolute atomic E-state index is 0.166. The molecule has 1 unspecified atom stereocenters. The largest absolute Gasteiger partial charge is 0.469 e. The van der Waals surface area contributed by atoms with Crippen molar-refractivity contribution in [2.45, 2.75) is 20.0 Å². The van der Waals surface area contributed by atoms with Gasteiger partial charge >= 0.3 is 13.8 Å². The molecule has 2 N–H and O–H groups in total. The average Bonchev–Trinajstić information content (AvgIpc) is 1.79. The maximum absolute atomic E-state index is 10.2. The fraction of sp³-hybridized carbons (Fsp3) is 0.800. The summed E-state index contributed by atoms with van der Waals surface area (Å²) in [6.07, 6.45) is -0.810. The Bertz CT molecular complexity index is 196. The van der Waals surface area contributed by atoms with Crippen molar-refractivity contribution in [3.05, 3.63) is 0 Å². The summed E-state index contributed by atoms with van der Waals surface area (Å²) in [5.74, 6) is -0.517. The molecule has 0 aliphatic rings. The van der Waals surface area contributed by atoms with Gasteiger partial charge < -0.3 is 14.5 Å². The van der Waals surface area contributed by atoms with Crippen LogP contribution in [0.15, 0.2) is 0 Å². The van der Waals surface area contributed by atoms with Crippen LogP contribution >= 0.6 is 7.82 Å². The Labute approximate surface area is 69.7 Å². The second-order valence-corrected chi connectivity index (χ2v) is 3.40. The highest BCUT2D eigenvalue weighted by Gasteiger charge is 2.19. The molecule has 0 radical (unpaired) electrons. The Morgan fingerprint density at radius 3 is 2.42 bits per heavy atom. The summed E-state index contributed by atoms with van der Waals surface area (Å²) in [7, 11) is -4.47. The third-order valence-corrected chi connectivity index (χ3v) is 1.47. The van der Waals surface area contributed by atoms with Gasteiger partial charge in [0, 0.05) is 6.92 Å². The third-order valence-electron chi connectivity index (χ3n) is 0.839. The van der Waals surface area contributed by atoms with Crippen molar-refractivity contribution in [3.63, 3.8) is 0 Å². The second-order valence-electron chi connectivity index (χ2n) is 2.21. The van der Waals surface area contributed by atoms with Gasteiger partial charge in [-0.05, 0) is 6.92 Å². The molecule has 0 saturated heterocycles. The summed E-state index contributed by atoms with van der Waals surface area (Å²) in [6.45, 7) is 2.42. The molecule has 0 aromatic heterocycles. The van der Waals surface area contributed by atoms with Crippen molar-refractivity contribution in [2.24, 2.45) is 0 Å². The van der Waals surface area contributed by atoms with E-state index >= 15 is 0 Å². The number of esters is 1. The van der Waals surface area contributed by atoms with Crippen LogP contribution in [0.1, 0.15) is 13.8 Å². The highest BCUT2D eigenvalue weighted by atomic mass is 31.2. The van der Waals surface area contributed by atoms with E-state index in [0.29, 0.717) is 0 Å². The van der Waals surface area contributed by atoms with Crippen LogP contribution in [0.3, 0.4) is 0 Å². The summed E-state index contributed by atoms with van der Waals surface area (Å²) in [4.78, 5) is 26.8. The lowest BCUT2D eigenvalue weighted by Crippen LogP contribution is -2.16. The van der Waals surface area contributed by atoms with Crippen molar-refractivity contribution in [1.82, 2.24) is 0 Å². The summed E-state index contributed by atoms with van der Waals surface area (Å²) < 4.78 is 18.8. The quantitative estimate of drug-likeness (QED) is 0.489. The lowest BCUT2D eigenvalue weighted by Gasteiger charge is -2.12. The van der Waals surface area contributed by atoms with E-state index in [1.807, 2.05) is 0 Å². The predicted molar refractivity (Wildman–Crippen MR) is 39.2 cm³/mol. The van der Waals surface area contributed by atoms with Crippen LogP contribution in [-0.2, 0) is 18.6 Å². The van der Waals surface area contributed by atoms with Gasteiger partial charge in [0.15, 0.2) is 0 Å². The van der Waals surface area contributed by atoms with Gasteiger partial charge in [-0.25, -0.2) is 4.57 Å². The maximum atomic E-state index is 10.2. The summed E-state index contributed by atoms with van der Waals surface area (Å²) in [6, 6.07) is 0. The number of carbonyl (C=O) groups is 1. The topological polar surface area (TPSA) is 93.1 Å². The minimum atomic E-state index is -4.47. The van der Waals surface area contributed by atoms with Crippen LogP contribution < -0.4 is 0 Å². The number of rotatable bonds is 4. The monoisotopic (exact) mass is 198 g/mol. The molecule has 12 heavy (non-hydrogen) atoms. The molecule has 0 rings (SSSR count). The molecule has 7 heteroatoms. The van der Waals surface area contributed by atoms with E-state index in [4.69, 9.17) is 9.79 Å². The summed E-state index contributed by atoms with van der Waals surface area (Å²) in [5, 5.41) is 0. The Balaban J connectivity index is 3.67. The smallest absolute Gasteiger partial charge is 0.463 e. The van der Waals surface area contributed by atoms with Crippen molar-refractivity contribution >= 4 is 13.8 Å². The van der Waals surface area contributed by atoms with Crippen LogP contribution in [0.25, 0.3) is 0 Å². The molecule has 72 valence electrons. The first-order valence-corrected chi connectivity index (χ1v) is 4.71. The van der Waals surface area contributed by atoms with Crippen LogP contribution in [0.4, 0.5) is 0 Å². The molecule has 0 heterocycles. The van der Waals surface area contributed by atoms with Crippen molar-refractivity contribution in [2.75, 3.05) is 6.61 Å². The molecule has 0 bridgehead atoms. The standard InChI is InChI=1S/C5H11O6P/c1-4(3-10-5(2)6)11-12(7,8)9/h4H,3H2,1-2H3,(H2,7,8,9). The van der Waals surface area contributed by atoms with Crippen molar-refractivity contribution in [1.29, 1.82) is 0 Å². The SMILES string of the molecule is CC(=O)OCC(C)OP(=O)(O)O. The predicted octanol–water partition coefficient (Wildman–Crippen LogP) is 0.0473. The maximum Gasteiger partial charge on any atom is 0.469 e. The molecule has 0 amide bonds. The first-order chi connectivity index (χ1) is 5.31. The van der Waals surface area contributed by atoms with Crippen molar-refractivity contribution in [3.8, 4) is 0 Å². The van der Waals surface area contributed by atoms with E-state index in [1.54, 1.807) is 0 Å². The average molecular weight is 198 g/mol. The number of phosphoric acid groups is 1. The van der Waals surface area contributed by atoms with Gasteiger partial charge in [0.2, 0.25) is 0 Å². The molecule has 0 aromatic carbocycles. The number of phosphoric ester groups is 1. The Hall–Kier alpha value is -0.420. The number of hydrogen-bond acceptors (Lipinski definition) is 4. The van der Waals surface area contributed by atoms with Crippen LogP contribution in [0.2, 0.25) is 0 Å². The summed E-state index contributed by atoms with van der Waals surface area (Å²) in [5.41, 5.74) is 0. The Kier molecular flexibility index (Phi) is 4.41. The van der Waals surface area contributed by atoms with Gasteiger partial charge in [-0.1, -0.05) is 0 Å². The highest BCUT2D eigenvalue weighted by molar-refractivity contribution is 7.46. The van der Waals surface area contributed by atoms with E-state index in [-0.39, 0.29) is 6.61 Å². The molecule has 0 saturated carbocycles. The lowest BCUT2D eigenvalue weighted by molar-refractivity contribution is -0.143. The molecule has 0 aliphatic heterocycles. The summed E-state index contributed by atoms with van der Waals surface area (Å²) >= 11 is 0. The van der Waals surface area contributed by atoms with Gasteiger partial charge in [0.05, 0.1) is 0 Å². The molecular weight excluding hydrogens is 187 g/mol. The van der Waals surface area contributed by atoms with E-state index < -0.39 is 19.9 Å². The lowest BCUT2D eigenvalue weighted by atomic mass is 10.4. The van der Waals surface area contributed by atoms with E-state index in [1.165, 1.54) is 13.8 Å². The second kappa shape index (κ2) is 4.57. The first-order valence-electron chi connectivity index (χ1n) is 3.18. The highest BCUT2D eigenvalue weighted by Crippen LogP contribution is 2.37. The normalized spacial score (nSPS) is 14.0. The molecule has 0 aromatic rings. The fourth-order valence-electron chi connectivity index (χ4n) is 0.500. The fourth-order valence-corrected chi connectivity index (χ4v) is 1.03. The Morgan fingerprint density at radius 1 is 1.58 bits per heavy atom.